The van der Waals surface area contributed by atoms with Crippen molar-refractivity contribution >= 4 is 34.9 Å². The van der Waals surface area contributed by atoms with E-state index in [0.717, 1.165) is 0 Å². The van der Waals surface area contributed by atoms with Gasteiger partial charge in [-0.15, -0.1) is 0 Å². The number of hydrogen-bond donors (Lipinski definition) is 2. The summed E-state index contributed by atoms with van der Waals surface area (Å²) in [5, 5.41) is 13.6. The number of amides is 2. The van der Waals surface area contributed by atoms with Crippen LogP contribution in [0.3, 0.4) is 0 Å². The Hall–Kier alpha value is -3.99. The normalized spacial score (nSPS) is 10.9. The highest BCUT2D eigenvalue weighted by atomic mass is 16.5. The minimum atomic E-state index is -1.01. The summed E-state index contributed by atoms with van der Waals surface area (Å²) in [6.07, 6.45) is -1.28. The monoisotopic (exact) mass is 393 g/mol. The van der Waals surface area contributed by atoms with E-state index in [1.165, 1.54) is 50.2 Å². The van der Waals surface area contributed by atoms with Gasteiger partial charge in [0.2, 0.25) is 17.6 Å². The average molecular weight is 393 g/mol. The lowest BCUT2D eigenvalue weighted by molar-refractivity contribution is -0.115. The molecule has 8 nitrogen and oxygen atoms in total. The smallest absolute Gasteiger partial charge is 0.338 e. The highest BCUT2D eigenvalue weighted by molar-refractivity contribution is 6.02. The third kappa shape index (κ3) is 6.29. The molecule has 0 aliphatic heterocycles. The first-order chi connectivity index (χ1) is 13.8. The van der Waals surface area contributed by atoms with Gasteiger partial charge in [-0.3, -0.25) is 14.4 Å². The highest BCUT2D eigenvalue weighted by Gasteiger charge is 2.20. The fourth-order valence-corrected chi connectivity index (χ4v) is 2.40. The number of ketones is 1. The molecule has 0 aliphatic carbocycles. The number of benzene rings is 2. The number of ether oxygens (including phenoxy) is 1. The Morgan fingerprint density at radius 1 is 0.931 bits per heavy atom. The van der Waals surface area contributed by atoms with Crippen molar-refractivity contribution in [2.75, 3.05) is 10.6 Å². The summed E-state index contributed by atoms with van der Waals surface area (Å²) in [5.74, 6) is -1.74. The Morgan fingerprint density at radius 3 is 1.97 bits per heavy atom. The quantitative estimate of drug-likeness (QED) is 0.550. The van der Waals surface area contributed by atoms with E-state index in [1.807, 2.05) is 0 Å². The van der Waals surface area contributed by atoms with Gasteiger partial charge in [-0.05, 0) is 55.5 Å². The number of carbonyl (C=O) groups is 4. The van der Waals surface area contributed by atoms with Gasteiger partial charge in [-0.1, -0.05) is 0 Å². The summed E-state index contributed by atoms with van der Waals surface area (Å²) in [7, 11) is 0. The zero-order valence-electron chi connectivity index (χ0n) is 15.9. The van der Waals surface area contributed by atoms with Crippen LogP contribution >= 0.6 is 0 Å². The summed E-state index contributed by atoms with van der Waals surface area (Å²) in [4.78, 5) is 47.1. The van der Waals surface area contributed by atoms with Gasteiger partial charge in [0.25, 0.3) is 0 Å². The summed E-state index contributed by atoms with van der Waals surface area (Å²) >= 11 is 0. The molecule has 2 amide bonds. The number of nitrogens with one attached hydrogen (secondary N) is 2. The predicted molar refractivity (Wildman–Crippen MR) is 105 cm³/mol. The van der Waals surface area contributed by atoms with Crippen LogP contribution in [0.5, 0.6) is 0 Å². The van der Waals surface area contributed by atoms with Gasteiger partial charge in [0, 0.05) is 23.9 Å². The molecule has 2 aromatic carbocycles. The largest absolute Gasteiger partial charge is 0.451 e. The molecule has 29 heavy (non-hydrogen) atoms. The molecular formula is C21H19N3O5. The molecule has 0 radical (unpaired) electrons. The Morgan fingerprint density at radius 2 is 1.45 bits per heavy atom. The molecule has 0 saturated heterocycles. The maximum absolute atomic E-state index is 12.4. The lowest BCUT2D eigenvalue weighted by atomic mass is 10.1. The Labute approximate surface area is 167 Å². The Kier molecular flexibility index (Phi) is 7.20. The van der Waals surface area contributed by atoms with Crippen molar-refractivity contribution in [3.63, 3.8) is 0 Å². The molecule has 1 atom stereocenters. The van der Waals surface area contributed by atoms with Crippen LogP contribution in [0.15, 0.2) is 48.5 Å². The first-order valence-corrected chi connectivity index (χ1v) is 8.70. The first-order valence-electron chi connectivity index (χ1n) is 8.70. The van der Waals surface area contributed by atoms with E-state index in [2.05, 4.69) is 10.6 Å². The van der Waals surface area contributed by atoms with E-state index in [1.54, 1.807) is 18.2 Å². The zero-order chi connectivity index (χ0) is 21.4. The number of carbonyl (C=O) groups excluding carboxylic acids is 4. The number of hydrogen-bond acceptors (Lipinski definition) is 6. The van der Waals surface area contributed by atoms with Crippen LogP contribution in [0.25, 0.3) is 0 Å². The highest BCUT2D eigenvalue weighted by Crippen LogP contribution is 2.15. The molecular weight excluding hydrogens is 374 g/mol. The van der Waals surface area contributed by atoms with E-state index < -0.39 is 18.0 Å². The molecule has 0 aliphatic rings. The molecule has 0 fully saturated rings. The van der Waals surface area contributed by atoms with Gasteiger partial charge in [0.1, 0.15) is 6.42 Å². The second-order valence-corrected chi connectivity index (χ2v) is 6.13. The SMILES string of the molecule is CC(=O)Nc1ccc(C(=O)[C@H](C)OC(=O)c2ccc(NC(=O)CC#N)cc2)cc1. The van der Waals surface area contributed by atoms with E-state index in [4.69, 9.17) is 10.00 Å². The first kappa shape index (κ1) is 21.3. The average Bonchev–Trinajstić information content (AvgIpc) is 2.68. The third-order valence-corrected chi connectivity index (χ3v) is 3.79. The van der Waals surface area contributed by atoms with Gasteiger partial charge in [0.05, 0.1) is 11.6 Å². The van der Waals surface area contributed by atoms with E-state index >= 15 is 0 Å². The van der Waals surface area contributed by atoms with Gasteiger partial charge < -0.3 is 15.4 Å². The van der Waals surface area contributed by atoms with Crippen molar-refractivity contribution in [1.29, 1.82) is 5.26 Å². The number of Topliss-reactive ketones (excluding diaryl/α,β-unsaturated/α-hetero) is 1. The standard InChI is InChI=1S/C21H19N3O5/c1-13(20(27)15-3-7-17(8-4-15)23-14(2)25)29-21(28)16-5-9-18(10-6-16)24-19(26)11-12-22/h3-10,13H,11H2,1-2H3,(H,23,25)(H,24,26)/t13-/m0/s1. The summed E-state index contributed by atoms with van der Waals surface area (Å²) in [6.45, 7) is 2.85. The van der Waals surface area contributed by atoms with Gasteiger partial charge in [0.15, 0.2) is 6.10 Å². The lowest BCUT2D eigenvalue weighted by Gasteiger charge is -2.13. The molecule has 2 N–H and O–H groups in total. The molecule has 2 rings (SSSR count). The number of anilines is 2. The van der Waals surface area contributed by atoms with Crippen LogP contribution in [0.4, 0.5) is 11.4 Å². The molecule has 0 spiro atoms. The summed E-state index contributed by atoms with van der Waals surface area (Å²) in [6, 6.07) is 13.9. The molecule has 2 aromatic rings. The van der Waals surface area contributed by atoms with Crippen LogP contribution in [0, 0.1) is 11.3 Å². The van der Waals surface area contributed by atoms with E-state index in [0.29, 0.717) is 16.9 Å². The maximum atomic E-state index is 12.4. The molecule has 148 valence electrons. The number of nitrogens with zero attached hydrogens (tertiary/aromatic N) is 1. The number of nitriles is 1. The van der Waals surface area contributed by atoms with Crippen molar-refractivity contribution < 1.29 is 23.9 Å². The molecule has 0 unspecified atom stereocenters. The lowest BCUT2D eigenvalue weighted by Crippen LogP contribution is -2.24. The van der Waals surface area contributed by atoms with Crippen LogP contribution in [-0.4, -0.2) is 29.7 Å². The summed E-state index contributed by atoms with van der Waals surface area (Å²) in [5.41, 5.74) is 1.55. The second kappa shape index (κ2) is 9.80. The van der Waals surface area contributed by atoms with Crippen molar-refractivity contribution in [3.8, 4) is 6.07 Å². The van der Waals surface area contributed by atoms with Crippen molar-refractivity contribution in [1.82, 2.24) is 0 Å². The molecule has 0 bridgehead atoms. The van der Waals surface area contributed by atoms with Gasteiger partial charge in [-0.2, -0.15) is 5.26 Å². The Bertz CT molecular complexity index is 959. The molecule has 0 heterocycles. The number of esters is 1. The summed E-state index contributed by atoms with van der Waals surface area (Å²) < 4.78 is 5.22. The predicted octanol–water partition coefficient (Wildman–Crippen LogP) is 2.93. The van der Waals surface area contributed by atoms with Crippen LogP contribution in [0.2, 0.25) is 0 Å². The topological polar surface area (TPSA) is 125 Å². The van der Waals surface area contributed by atoms with Crippen molar-refractivity contribution in [2.45, 2.75) is 26.4 Å². The minimum absolute atomic E-state index is 0.212. The molecule has 8 heteroatoms. The fraction of sp³-hybridized carbons (Fsp3) is 0.190. The van der Waals surface area contributed by atoms with Crippen LogP contribution in [-0.2, 0) is 14.3 Å². The fourth-order valence-electron chi connectivity index (χ4n) is 2.40. The van der Waals surface area contributed by atoms with E-state index in [9.17, 15) is 19.2 Å². The third-order valence-electron chi connectivity index (χ3n) is 3.79. The minimum Gasteiger partial charge on any atom is -0.451 e. The zero-order valence-corrected chi connectivity index (χ0v) is 15.9. The van der Waals surface area contributed by atoms with Crippen LogP contribution in [0.1, 0.15) is 41.0 Å². The van der Waals surface area contributed by atoms with Crippen molar-refractivity contribution in [2.24, 2.45) is 0 Å². The van der Waals surface area contributed by atoms with Crippen LogP contribution < -0.4 is 10.6 Å². The second-order valence-electron chi connectivity index (χ2n) is 6.13. The Balaban J connectivity index is 1.97. The molecule has 0 saturated carbocycles. The maximum Gasteiger partial charge on any atom is 0.338 e. The number of rotatable bonds is 7. The van der Waals surface area contributed by atoms with Gasteiger partial charge in [-0.25, -0.2) is 4.79 Å². The van der Waals surface area contributed by atoms with Gasteiger partial charge >= 0.3 is 5.97 Å². The van der Waals surface area contributed by atoms with E-state index in [-0.39, 0.29) is 23.7 Å². The molecule has 0 aromatic heterocycles. The van der Waals surface area contributed by atoms with Crippen molar-refractivity contribution in [3.05, 3.63) is 59.7 Å².